The molecule has 3 aromatic carbocycles. The summed E-state index contributed by atoms with van der Waals surface area (Å²) in [5.41, 5.74) is 4.21. The topological polar surface area (TPSA) is 49.4 Å². The maximum absolute atomic E-state index is 13.5. The van der Waals surface area contributed by atoms with Gasteiger partial charge in [0.05, 0.1) is 5.75 Å². The number of thioether (sulfide) groups is 1. The van der Waals surface area contributed by atoms with Gasteiger partial charge in [-0.1, -0.05) is 78.3 Å². The fraction of sp³-hybridized carbons (Fsp3) is 0.259. The standard InChI is InChI=1S/C27H29ClN2O2S/c1-20-9-6-7-13-23(20)17-30(25(27(32)29-2)16-21-10-4-3-5-11-21)26(31)19-33-18-22-12-8-14-24(28)15-22/h3-15,25H,16-19H2,1-2H3,(H,29,32)/t25-/m1/s1. The number of amides is 2. The van der Waals surface area contributed by atoms with Crippen LogP contribution < -0.4 is 5.32 Å². The van der Waals surface area contributed by atoms with Gasteiger partial charge in [0.1, 0.15) is 6.04 Å². The number of benzene rings is 3. The molecule has 0 unspecified atom stereocenters. The van der Waals surface area contributed by atoms with Gasteiger partial charge < -0.3 is 10.2 Å². The van der Waals surface area contributed by atoms with Crippen LogP contribution in [0.25, 0.3) is 0 Å². The molecule has 0 spiro atoms. The van der Waals surface area contributed by atoms with Crippen LogP contribution >= 0.6 is 23.4 Å². The van der Waals surface area contributed by atoms with Gasteiger partial charge in [-0.05, 0) is 41.3 Å². The maximum Gasteiger partial charge on any atom is 0.242 e. The molecule has 1 N–H and O–H groups in total. The summed E-state index contributed by atoms with van der Waals surface area (Å²) in [4.78, 5) is 28.1. The first-order valence-electron chi connectivity index (χ1n) is 10.9. The fourth-order valence-corrected chi connectivity index (χ4v) is 4.73. The number of nitrogens with zero attached hydrogens (tertiary/aromatic N) is 1. The first kappa shape index (κ1) is 24.9. The van der Waals surface area contributed by atoms with Crippen molar-refractivity contribution in [3.8, 4) is 0 Å². The summed E-state index contributed by atoms with van der Waals surface area (Å²) in [5, 5.41) is 3.44. The fourth-order valence-electron chi connectivity index (χ4n) is 3.66. The van der Waals surface area contributed by atoms with Crippen LogP contribution in [-0.4, -0.2) is 35.6 Å². The van der Waals surface area contributed by atoms with Crippen LogP contribution in [0.5, 0.6) is 0 Å². The Kier molecular flexibility index (Phi) is 9.40. The van der Waals surface area contributed by atoms with E-state index in [0.29, 0.717) is 23.7 Å². The molecule has 0 aliphatic rings. The smallest absolute Gasteiger partial charge is 0.242 e. The molecule has 3 aromatic rings. The molecule has 6 heteroatoms. The zero-order valence-corrected chi connectivity index (χ0v) is 20.5. The molecule has 0 radical (unpaired) electrons. The van der Waals surface area contributed by atoms with Gasteiger partial charge in [0.2, 0.25) is 11.8 Å². The summed E-state index contributed by atoms with van der Waals surface area (Å²) in [5.74, 6) is 0.726. The number of carbonyl (C=O) groups is 2. The number of nitrogens with one attached hydrogen (secondary N) is 1. The molecule has 0 aliphatic heterocycles. The molecule has 0 aromatic heterocycles. The highest BCUT2D eigenvalue weighted by Crippen LogP contribution is 2.21. The van der Waals surface area contributed by atoms with Gasteiger partial charge in [0.15, 0.2) is 0 Å². The van der Waals surface area contributed by atoms with Crippen LogP contribution in [0.15, 0.2) is 78.9 Å². The number of halogens is 1. The minimum absolute atomic E-state index is 0.0604. The molecule has 4 nitrogen and oxygen atoms in total. The van der Waals surface area contributed by atoms with E-state index in [4.69, 9.17) is 11.6 Å². The second-order valence-corrected chi connectivity index (χ2v) is 9.31. The third-order valence-corrected chi connectivity index (χ3v) is 6.73. The molecule has 0 aliphatic carbocycles. The molecule has 0 saturated carbocycles. The van der Waals surface area contributed by atoms with Crippen molar-refractivity contribution in [1.82, 2.24) is 10.2 Å². The first-order chi connectivity index (χ1) is 16.0. The van der Waals surface area contributed by atoms with E-state index in [0.717, 1.165) is 22.3 Å². The molecule has 0 bridgehead atoms. The van der Waals surface area contributed by atoms with E-state index in [9.17, 15) is 9.59 Å². The van der Waals surface area contributed by atoms with Crippen molar-refractivity contribution in [1.29, 1.82) is 0 Å². The summed E-state index contributed by atoms with van der Waals surface area (Å²) in [6, 6.07) is 24.8. The number of hydrogen-bond donors (Lipinski definition) is 1. The van der Waals surface area contributed by atoms with Gasteiger partial charge in [-0.2, -0.15) is 0 Å². The number of hydrogen-bond acceptors (Lipinski definition) is 3. The van der Waals surface area contributed by atoms with E-state index < -0.39 is 6.04 Å². The van der Waals surface area contributed by atoms with Crippen LogP contribution in [0.4, 0.5) is 0 Å². The third kappa shape index (κ3) is 7.37. The molecule has 2 amide bonds. The van der Waals surface area contributed by atoms with Crippen molar-refractivity contribution in [3.63, 3.8) is 0 Å². The van der Waals surface area contributed by atoms with Crippen LogP contribution in [0, 0.1) is 6.92 Å². The van der Waals surface area contributed by atoms with E-state index in [1.165, 1.54) is 11.8 Å². The van der Waals surface area contributed by atoms with Crippen molar-refractivity contribution >= 4 is 35.2 Å². The lowest BCUT2D eigenvalue weighted by Crippen LogP contribution is -2.50. The number of rotatable bonds is 10. The maximum atomic E-state index is 13.5. The molecule has 0 saturated heterocycles. The van der Waals surface area contributed by atoms with Crippen LogP contribution in [0.2, 0.25) is 5.02 Å². The zero-order valence-electron chi connectivity index (χ0n) is 19.0. The van der Waals surface area contributed by atoms with Gasteiger partial charge in [-0.15, -0.1) is 11.8 Å². The largest absolute Gasteiger partial charge is 0.357 e. The lowest BCUT2D eigenvalue weighted by atomic mass is 10.0. The van der Waals surface area contributed by atoms with Crippen LogP contribution in [0.1, 0.15) is 22.3 Å². The van der Waals surface area contributed by atoms with E-state index in [-0.39, 0.29) is 17.6 Å². The number of carbonyl (C=O) groups excluding carboxylic acids is 2. The SMILES string of the molecule is CNC(=O)[C@@H](Cc1ccccc1)N(Cc1ccccc1C)C(=O)CSCc1cccc(Cl)c1. The van der Waals surface area contributed by atoms with Gasteiger partial charge in [-0.3, -0.25) is 9.59 Å². The first-order valence-corrected chi connectivity index (χ1v) is 12.4. The number of likely N-dealkylation sites (N-methyl/N-ethyl adjacent to an activating group) is 1. The minimum atomic E-state index is -0.601. The lowest BCUT2D eigenvalue weighted by Gasteiger charge is -2.31. The highest BCUT2D eigenvalue weighted by atomic mass is 35.5. The highest BCUT2D eigenvalue weighted by molar-refractivity contribution is 7.99. The van der Waals surface area contributed by atoms with Crippen LogP contribution in [0.3, 0.4) is 0 Å². The monoisotopic (exact) mass is 480 g/mol. The minimum Gasteiger partial charge on any atom is -0.357 e. The van der Waals surface area contributed by atoms with E-state index >= 15 is 0 Å². The van der Waals surface area contributed by atoms with Crippen molar-refractivity contribution in [2.24, 2.45) is 0 Å². The number of aryl methyl sites for hydroxylation is 1. The second-order valence-electron chi connectivity index (χ2n) is 7.89. The molecule has 3 rings (SSSR count). The van der Waals surface area contributed by atoms with Crippen molar-refractivity contribution in [2.75, 3.05) is 12.8 Å². The summed E-state index contributed by atoms with van der Waals surface area (Å²) >= 11 is 7.61. The Labute approximate surface area is 205 Å². The van der Waals surface area contributed by atoms with Gasteiger partial charge in [0.25, 0.3) is 0 Å². The Morgan fingerprint density at radius 2 is 1.67 bits per heavy atom. The molecule has 172 valence electrons. The van der Waals surface area contributed by atoms with Gasteiger partial charge in [0, 0.05) is 30.8 Å². The van der Waals surface area contributed by atoms with Crippen molar-refractivity contribution < 1.29 is 9.59 Å². The Morgan fingerprint density at radius 3 is 2.36 bits per heavy atom. The summed E-state index contributed by atoms with van der Waals surface area (Å²) in [6.07, 6.45) is 0.455. The second kappa shape index (κ2) is 12.5. The predicted octanol–water partition coefficient (Wildman–Crippen LogP) is 5.27. The normalized spacial score (nSPS) is 11.6. The molecule has 1 atom stereocenters. The molecular weight excluding hydrogens is 452 g/mol. The average molecular weight is 481 g/mol. The Balaban J connectivity index is 1.82. The Bertz CT molecular complexity index is 1070. The molecule has 33 heavy (non-hydrogen) atoms. The van der Waals surface area contributed by atoms with E-state index in [2.05, 4.69) is 5.32 Å². The summed E-state index contributed by atoms with van der Waals surface area (Å²) < 4.78 is 0. The highest BCUT2D eigenvalue weighted by Gasteiger charge is 2.29. The van der Waals surface area contributed by atoms with E-state index in [1.807, 2.05) is 85.8 Å². The van der Waals surface area contributed by atoms with Crippen molar-refractivity contribution in [3.05, 3.63) is 106 Å². The third-order valence-electron chi connectivity index (χ3n) is 5.50. The predicted molar refractivity (Wildman–Crippen MR) is 137 cm³/mol. The van der Waals surface area contributed by atoms with Gasteiger partial charge in [-0.25, -0.2) is 0 Å². The van der Waals surface area contributed by atoms with E-state index in [1.54, 1.807) is 11.9 Å². The molecule has 0 heterocycles. The quantitative estimate of drug-likeness (QED) is 0.430. The lowest BCUT2D eigenvalue weighted by molar-refractivity contribution is -0.139. The summed E-state index contributed by atoms with van der Waals surface area (Å²) in [7, 11) is 1.62. The average Bonchev–Trinajstić information content (AvgIpc) is 2.82. The molecular formula is C27H29ClN2O2S. The molecule has 0 fully saturated rings. The van der Waals surface area contributed by atoms with Crippen LogP contribution in [-0.2, 0) is 28.3 Å². The summed E-state index contributed by atoms with van der Waals surface area (Å²) in [6.45, 7) is 2.41. The van der Waals surface area contributed by atoms with Gasteiger partial charge >= 0.3 is 0 Å². The Hall–Kier alpha value is -2.76. The van der Waals surface area contributed by atoms with Crippen molar-refractivity contribution in [2.45, 2.75) is 31.7 Å². The zero-order chi connectivity index (χ0) is 23.6. The Morgan fingerprint density at radius 1 is 0.970 bits per heavy atom.